The maximum absolute atomic E-state index is 13.5. The summed E-state index contributed by atoms with van der Waals surface area (Å²) in [6.45, 7) is 2.30. The average molecular weight is 324 g/mol. The molecule has 1 aromatic rings. The van der Waals surface area contributed by atoms with Gasteiger partial charge in [-0.1, -0.05) is 0 Å². The number of hydrogen-bond acceptors (Lipinski definition) is 3. The van der Waals surface area contributed by atoms with Gasteiger partial charge >= 0.3 is 0 Å². The lowest BCUT2D eigenvalue weighted by molar-refractivity contribution is 0.0669. The lowest BCUT2D eigenvalue weighted by atomic mass is 9.97. The van der Waals surface area contributed by atoms with Gasteiger partial charge in [0.05, 0.1) is 11.8 Å². The molecule has 1 amide bonds. The van der Waals surface area contributed by atoms with Crippen LogP contribution in [0.3, 0.4) is 0 Å². The highest BCUT2D eigenvalue weighted by atomic mass is 35.5. The third-order valence-corrected chi connectivity index (χ3v) is 3.30. The van der Waals surface area contributed by atoms with Gasteiger partial charge in [-0.05, 0) is 38.4 Å². The lowest BCUT2D eigenvalue weighted by Crippen LogP contribution is -2.42. The van der Waals surface area contributed by atoms with Crippen LogP contribution in [0.4, 0.5) is 4.39 Å². The Balaban J connectivity index is 0.00000180. The fraction of sp³-hybridized carbons (Fsp3) is 0.538. The topological polar surface area (TPSA) is 45.2 Å². The Labute approximate surface area is 131 Å². The van der Waals surface area contributed by atoms with E-state index in [0.29, 0.717) is 19.0 Å². The fourth-order valence-corrected chi connectivity index (χ4v) is 2.42. The monoisotopic (exact) mass is 323 g/mol. The first-order valence-corrected chi connectivity index (χ1v) is 6.25. The molecule has 114 valence electrons. The molecule has 1 fully saturated rings. The molecule has 0 spiro atoms. The first-order valence-electron chi connectivity index (χ1n) is 6.25. The van der Waals surface area contributed by atoms with Crippen LogP contribution in [0.2, 0.25) is 0 Å². The quantitative estimate of drug-likeness (QED) is 0.926. The molecule has 4 nitrogen and oxygen atoms in total. The zero-order valence-electron chi connectivity index (χ0n) is 11.3. The second-order valence-electron chi connectivity index (χ2n) is 4.67. The zero-order chi connectivity index (χ0) is 13.0. The number of pyridine rings is 1. The van der Waals surface area contributed by atoms with Gasteiger partial charge in [0, 0.05) is 19.3 Å². The van der Waals surface area contributed by atoms with Crippen molar-refractivity contribution in [3.8, 4) is 0 Å². The number of piperidine rings is 1. The Morgan fingerprint density at radius 3 is 2.95 bits per heavy atom. The number of aromatic nitrogens is 1. The molecule has 1 N–H and O–H groups in total. The molecule has 0 bridgehead atoms. The van der Waals surface area contributed by atoms with Crippen LogP contribution in [-0.2, 0) is 0 Å². The zero-order valence-corrected chi connectivity index (χ0v) is 13.0. The van der Waals surface area contributed by atoms with Gasteiger partial charge in [0.1, 0.15) is 0 Å². The van der Waals surface area contributed by atoms with E-state index in [2.05, 4.69) is 10.3 Å². The summed E-state index contributed by atoms with van der Waals surface area (Å²) in [7, 11) is 1.91. The summed E-state index contributed by atoms with van der Waals surface area (Å²) in [6.07, 6.45) is 4.63. The Bertz CT molecular complexity index is 432. The van der Waals surface area contributed by atoms with Gasteiger partial charge in [-0.15, -0.1) is 24.8 Å². The summed E-state index contributed by atoms with van der Waals surface area (Å²) in [5.41, 5.74) is 0.120. The van der Waals surface area contributed by atoms with Crippen molar-refractivity contribution in [3.05, 3.63) is 29.8 Å². The predicted molar refractivity (Wildman–Crippen MR) is 81.2 cm³/mol. The highest BCUT2D eigenvalue weighted by Gasteiger charge is 2.25. The molecule has 2 rings (SSSR count). The number of nitrogens with one attached hydrogen (secondary N) is 1. The van der Waals surface area contributed by atoms with E-state index in [1.165, 1.54) is 12.3 Å². The number of carbonyl (C=O) groups excluding carboxylic acids is 1. The van der Waals surface area contributed by atoms with E-state index in [1.54, 1.807) is 4.90 Å². The number of amides is 1. The molecule has 0 aromatic carbocycles. The standard InChI is InChI=1S/C13H18FN3O.2ClH/c1-15-7-10-3-2-6-17(9-10)13(18)11-4-5-16-8-12(11)14;;/h4-5,8,10,15H,2-3,6-7,9H2,1H3;2*1H. The van der Waals surface area contributed by atoms with Crippen LogP contribution < -0.4 is 5.32 Å². The van der Waals surface area contributed by atoms with E-state index in [4.69, 9.17) is 0 Å². The van der Waals surface area contributed by atoms with Crippen molar-refractivity contribution < 1.29 is 9.18 Å². The number of halogens is 3. The summed E-state index contributed by atoms with van der Waals surface area (Å²) in [6, 6.07) is 1.44. The SMILES string of the molecule is CNCC1CCCN(C(=O)c2ccncc2F)C1.Cl.Cl. The normalized spacial score (nSPS) is 17.9. The molecule has 1 atom stereocenters. The van der Waals surface area contributed by atoms with Crippen LogP contribution in [0, 0.1) is 11.7 Å². The molecule has 1 unspecified atom stereocenters. The van der Waals surface area contributed by atoms with Crippen LogP contribution in [0.5, 0.6) is 0 Å². The minimum atomic E-state index is -0.543. The van der Waals surface area contributed by atoms with Gasteiger partial charge in [0.2, 0.25) is 0 Å². The maximum atomic E-state index is 13.5. The van der Waals surface area contributed by atoms with Crippen molar-refractivity contribution in [3.63, 3.8) is 0 Å². The summed E-state index contributed by atoms with van der Waals surface area (Å²) < 4.78 is 13.5. The molecule has 0 aliphatic carbocycles. The third kappa shape index (κ3) is 4.58. The second-order valence-corrected chi connectivity index (χ2v) is 4.67. The summed E-state index contributed by atoms with van der Waals surface area (Å²) in [5.74, 6) is -0.313. The van der Waals surface area contributed by atoms with E-state index >= 15 is 0 Å². The highest BCUT2D eigenvalue weighted by Crippen LogP contribution is 2.18. The van der Waals surface area contributed by atoms with Crippen molar-refractivity contribution in [2.75, 3.05) is 26.7 Å². The number of nitrogens with zero attached hydrogens (tertiary/aromatic N) is 2. The van der Waals surface area contributed by atoms with Gasteiger partial charge in [-0.2, -0.15) is 0 Å². The first kappa shape index (κ1) is 19.1. The molecule has 7 heteroatoms. The van der Waals surface area contributed by atoms with E-state index in [1.807, 2.05) is 7.05 Å². The summed E-state index contributed by atoms with van der Waals surface area (Å²) in [4.78, 5) is 17.6. The van der Waals surface area contributed by atoms with Crippen molar-refractivity contribution in [2.45, 2.75) is 12.8 Å². The minimum Gasteiger partial charge on any atom is -0.338 e. The van der Waals surface area contributed by atoms with Crippen LogP contribution in [0.25, 0.3) is 0 Å². The predicted octanol–water partition coefficient (Wildman–Crippen LogP) is 2.14. The van der Waals surface area contributed by atoms with Crippen LogP contribution >= 0.6 is 24.8 Å². The van der Waals surface area contributed by atoms with Gasteiger partial charge in [0.25, 0.3) is 5.91 Å². The fourth-order valence-electron chi connectivity index (χ4n) is 2.42. The molecule has 2 heterocycles. The lowest BCUT2D eigenvalue weighted by Gasteiger charge is -2.32. The first-order chi connectivity index (χ1) is 8.72. The maximum Gasteiger partial charge on any atom is 0.256 e. The van der Waals surface area contributed by atoms with Crippen LogP contribution in [0.15, 0.2) is 18.5 Å². The van der Waals surface area contributed by atoms with Crippen molar-refractivity contribution >= 4 is 30.7 Å². The Kier molecular flexibility index (Phi) is 8.69. The molecule has 1 saturated heterocycles. The van der Waals surface area contributed by atoms with E-state index in [9.17, 15) is 9.18 Å². The number of likely N-dealkylation sites (tertiary alicyclic amines) is 1. The molecular weight excluding hydrogens is 304 g/mol. The third-order valence-electron chi connectivity index (χ3n) is 3.30. The largest absolute Gasteiger partial charge is 0.338 e. The number of hydrogen-bond donors (Lipinski definition) is 1. The highest BCUT2D eigenvalue weighted by molar-refractivity contribution is 5.94. The van der Waals surface area contributed by atoms with Gasteiger partial charge < -0.3 is 10.2 Å². The van der Waals surface area contributed by atoms with E-state index in [0.717, 1.165) is 25.6 Å². The van der Waals surface area contributed by atoms with Gasteiger partial charge in [0.15, 0.2) is 5.82 Å². The van der Waals surface area contributed by atoms with Crippen molar-refractivity contribution in [1.29, 1.82) is 0 Å². The summed E-state index contributed by atoms with van der Waals surface area (Å²) in [5, 5.41) is 3.13. The molecule has 1 aliphatic rings. The molecule has 1 aliphatic heterocycles. The Morgan fingerprint density at radius 2 is 2.30 bits per heavy atom. The second kappa shape index (κ2) is 9.10. The Hall–Kier alpha value is -0.910. The Morgan fingerprint density at radius 1 is 1.55 bits per heavy atom. The molecular formula is C13H20Cl2FN3O. The molecule has 20 heavy (non-hydrogen) atoms. The summed E-state index contributed by atoms with van der Waals surface area (Å²) >= 11 is 0. The number of rotatable bonds is 3. The minimum absolute atomic E-state index is 0. The average Bonchev–Trinajstić information content (AvgIpc) is 2.39. The number of carbonyl (C=O) groups is 1. The van der Waals surface area contributed by atoms with Crippen LogP contribution in [-0.4, -0.2) is 42.5 Å². The molecule has 0 radical (unpaired) electrons. The van der Waals surface area contributed by atoms with Crippen molar-refractivity contribution in [2.24, 2.45) is 5.92 Å². The van der Waals surface area contributed by atoms with Crippen LogP contribution in [0.1, 0.15) is 23.2 Å². The smallest absolute Gasteiger partial charge is 0.256 e. The molecule has 1 aromatic heterocycles. The van der Waals surface area contributed by atoms with Crippen molar-refractivity contribution in [1.82, 2.24) is 15.2 Å². The molecule has 0 saturated carbocycles. The van der Waals surface area contributed by atoms with E-state index in [-0.39, 0.29) is 36.3 Å². The van der Waals surface area contributed by atoms with Gasteiger partial charge in [-0.3, -0.25) is 9.78 Å². The van der Waals surface area contributed by atoms with E-state index < -0.39 is 5.82 Å². The van der Waals surface area contributed by atoms with Gasteiger partial charge in [-0.25, -0.2) is 4.39 Å².